The Hall–Kier alpha value is -3.17. The molecule has 1 atom stereocenters. The van der Waals surface area contributed by atoms with Crippen LogP contribution in [0.1, 0.15) is 23.6 Å². The predicted octanol–water partition coefficient (Wildman–Crippen LogP) is 5.00. The first-order chi connectivity index (χ1) is 16.8. The fourth-order valence-electron chi connectivity index (χ4n) is 3.01. The maximum atomic E-state index is 12.3. The number of carbonyl (C=O) groups excluding carboxylic acids is 2. The molecule has 1 unspecified atom stereocenters. The van der Waals surface area contributed by atoms with Crippen molar-refractivity contribution in [3.05, 3.63) is 92.4 Å². The van der Waals surface area contributed by atoms with Gasteiger partial charge in [0.05, 0.1) is 24.2 Å². The van der Waals surface area contributed by atoms with E-state index in [2.05, 4.69) is 47.7 Å². The lowest BCUT2D eigenvalue weighted by atomic mass is 10.1. The van der Waals surface area contributed by atoms with Crippen molar-refractivity contribution in [2.24, 2.45) is 5.10 Å². The van der Waals surface area contributed by atoms with Gasteiger partial charge in [-0.1, -0.05) is 40.2 Å². The first kappa shape index (κ1) is 26.4. The van der Waals surface area contributed by atoms with E-state index in [0.29, 0.717) is 12.4 Å². The number of rotatable bonds is 10. The monoisotopic (exact) mass is 601 g/mol. The van der Waals surface area contributed by atoms with Gasteiger partial charge in [0.1, 0.15) is 24.1 Å². The van der Waals surface area contributed by atoms with Crippen LogP contribution in [0.4, 0.5) is 0 Å². The Morgan fingerprint density at radius 3 is 2.34 bits per heavy atom. The van der Waals surface area contributed by atoms with E-state index in [1.165, 1.54) is 6.21 Å². The molecule has 0 spiro atoms. The minimum Gasteiger partial charge on any atom is -0.497 e. The van der Waals surface area contributed by atoms with Gasteiger partial charge >= 0.3 is 0 Å². The molecule has 9 heteroatoms. The number of benzene rings is 3. The van der Waals surface area contributed by atoms with Crippen LogP contribution < -0.4 is 20.2 Å². The number of halogens is 2. The van der Waals surface area contributed by atoms with Crippen molar-refractivity contribution in [2.45, 2.75) is 26.0 Å². The highest BCUT2D eigenvalue weighted by molar-refractivity contribution is 9.10. The molecule has 35 heavy (non-hydrogen) atoms. The topological polar surface area (TPSA) is 89.0 Å². The van der Waals surface area contributed by atoms with Gasteiger partial charge in [-0.2, -0.15) is 5.10 Å². The summed E-state index contributed by atoms with van der Waals surface area (Å²) in [6, 6.07) is 19.9. The van der Waals surface area contributed by atoms with E-state index >= 15 is 0 Å². The van der Waals surface area contributed by atoms with Crippen LogP contribution in [0, 0.1) is 0 Å². The summed E-state index contributed by atoms with van der Waals surface area (Å²) < 4.78 is 12.8. The van der Waals surface area contributed by atoms with Gasteiger partial charge < -0.3 is 14.8 Å². The molecule has 182 valence electrons. The summed E-state index contributed by atoms with van der Waals surface area (Å²) in [6.07, 6.45) is 1.68. The number of nitrogens with zero attached hydrogens (tertiary/aromatic N) is 1. The normalized spacial score (nSPS) is 11.7. The van der Waals surface area contributed by atoms with Gasteiger partial charge in [-0.25, -0.2) is 5.43 Å². The summed E-state index contributed by atoms with van der Waals surface area (Å²) in [7, 11) is 1.58. The number of nitrogens with one attached hydrogen (secondary N) is 2. The number of methoxy groups -OCH3 is 1. The predicted molar refractivity (Wildman–Crippen MR) is 143 cm³/mol. The molecule has 2 N–H and O–H groups in total. The third-order valence-corrected chi connectivity index (χ3v) is 6.09. The maximum Gasteiger partial charge on any atom is 0.262 e. The summed E-state index contributed by atoms with van der Waals surface area (Å²) in [4.78, 5) is 24.5. The molecule has 2 amide bonds. The maximum absolute atomic E-state index is 12.3. The summed E-state index contributed by atoms with van der Waals surface area (Å²) in [5.41, 5.74) is 5.09. The molecule has 3 aromatic rings. The molecule has 0 fully saturated rings. The molecule has 0 aliphatic heterocycles. The van der Waals surface area contributed by atoms with Crippen molar-refractivity contribution >= 4 is 49.9 Å². The Morgan fingerprint density at radius 1 is 1.00 bits per heavy atom. The molecular formula is C26H25Br2N3O4. The lowest BCUT2D eigenvalue weighted by molar-refractivity contribution is -0.128. The highest BCUT2D eigenvalue weighted by atomic mass is 79.9. The fraction of sp³-hybridized carbons (Fsp3) is 0.192. The Kier molecular flexibility index (Phi) is 9.86. The van der Waals surface area contributed by atoms with Crippen LogP contribution in [-0.4, -0.2) is 31.2 Å². The number of ether oxygens (including phenoxy) is 2. The average molecular weight is 603 g/mol. The minimum absolute atomic E-state index is 0.162. The molecule has 0 bridgehead atoms. The van der Waals surface area contributed by atoms with Crippen molar-refractivity contribution in [1.29, 1.82) is 0 Å². The Balaban J connectivity index is 1.45. The zero-order chi connectivity index (χ0) is 25.2. The van der Waals surface area contributed by atoms with Crippen LogP contribution in [0.3, 0.4) is 0 Å². The van der Waals surface area contributed by atoms with E-state index in [0.717, 1.165) is 31.4 Å². The molecular weight excluding hydrogens is 578 g/mol. The van der Waals surface area contributed by atoms with Gasteiger partial charge in [0.25, 0.3) is 5.91 Å². The molecule has 3 aromatic carbocycles. The van der Waals surface area contributed by atoms with Crippen LogP contribution in [0.15, 0.2) is 80.8 Å². The Bertz CT molecular complexity index is 1180. The molecule has 0 saturated heterocycles. The number of hydrogen-bond donors (Lipinski definition) is 2. The molecule has 7 nitrogen and oxygen atoms in total. The molecule has 0 aromatic heterocycles. The molecule has 0 aliphatic rings. The number of hydrogen-bond acceptors (Lipinski definition) is 5. The van der Waals surface area contributed by atoms with Crippen LogP contribution >= 0.6 is 31.9 Å². The smallest absolute Gasteiger partial charge is 0.262 e. The lowest BCUT2D eigenvalue weighted by Crippen LogP contribution is -2.43. The van der Waals surface area contributed by atoms with Crippen molar-refractivity contribution < 1.29 is 19.1 Å². The first-order valence-corrected chi connectivity index (χ1v) is 12.3. The number of hydrazone groups is 1. The molecule has 3 rings (SSSR count). The summed E-state index contributed by atoms with van der Waals surface area (Å²) in [5, 5.41) is 6.66. The molecule has 0 heterocycles. The second-order valence-corrected chi connectivity index (χ2v) is 9.42. The number of carbonyl (C=O) groups is 2. The van der Waals surface area contributed by atoms with Gasteiger partial charge in [-0.3, -0.25) is 9.59 Å². The van der Waals surface area contributed by atoms with Gasteiger partial charge in [-0.05, 0) is 82.0 Å². The van der Waals surface area contributed by atoms with Gasteiger partial charge in [0.15, 0.2) is 0 Å². The highest BCUT2D eigenvalue weighted by Crippen LogP contribution is 2.26. The zero-order valence-corrected chi connectivity index (χ0v) is 22.4. The summed E-state index contributed by atoms with van der Waals surface area (Å²) in [6.45, 7) is 2.04. The Labute approximate surface area is 221 Å². The van der Waals surface area contributed by atoms with E-state index in [9.17, 15) is 9.59 Å². The Morgan fingerprint density at radius 2 is 1.69 bits per heavy atom. The van der Waals surface area contributed by atoms with Crippen LogP contribution in [-0.2, 0) is 22.6 Å². The van der Waals surface area contributed by atoms with Gasteiger partial charge in [0, 0.05) is 4.47 Å². The number of amides is 2. The summed E-state index contributed by atoms with van der Waals surface area (Å²) in [5.74, 6) is 0.735. The molecule has 0 radical (unpaired) electrons. The lowest BCUT2D eigenvalue weighted by Gasteiger charge is -2.12. The van der Waals surface area contributed by atoms with Crippen LogP contribution in [0.2, 0.25) is 0 Å². The molecule has 0 saturated carbocycles. The fourth-order valence-corrected chi connectivity index (χ4v) is 3.79. The van der Waals surface area contributed by atoms with Crippen LogP contribution in [0.5, 0.6) is 11.5 Å². The van der Waals surface area contributed by atoms with Crippen molar-refractivity contribution in [3.8, 4) is 11.5 Å². The third kappa shape index (κ3) is 8.52. The van der Waals surface area contributed by atoms with E-state index in [-0.39, 0.29) is 12.3 Å². The van der Waals surface area contributed by atoms with E-state index in [1.54, 1.807) is 26.2 Å². The average Bonchev–Trinajstić information content (AvgIpc) is 2.85. The standard InChI is InChI=1S/C26H25Br2N3O4/c1-17(30-25(32)14-18-5-10-22(34-2)11-6-18)26(33)31-29-15-20-7-12-24(23(28)13-20)35-16-19-3-8-21(27)9-4-19/h3-13,15,17H,14,16H2,1-2H3,(H,30,32)(H,31,33). The summed E-state index contributed by atoms with van der Waals surface area (Å²) >= 11 is 6.92. The van der Waals surface area contributed by atoms with Crippen molar-refractivity contribution in [1.82, 2.24) is 10.7 Å². The first-order valence-electron chi connectivity index (χ1n) is 10.8. The molecule has 0 aliphatic carbocycles. The van der Waals surface area contributed by atoms with E-state index < -0.39 is 11.9 Å². The van der Waals surface area contributed by atoms with Crippen molar-refractivity contribution in [3.63, 3.8) is 0 Å². The second kappa shape index (κ2) is 13.1. The van der Waals surface area contributed by atoms with Crippen LogP contribution in [0.25, 0.3) is 0 Å². The van der Waals surface area contributed by atoms with Gasteiger partial charge in [-0.15, -0.1) is 0 Å². The SMILES string of the molecule is COc1ccc(CC(=O)NC(C)C(=O)NN=Cc2ccc(OCc3ccc(Br)cc3)c(Br)c2)cc1. The quantitative estimate of drug-likeness (QED) is 0.253. The third-order valence-electron chi connectivity index (χ3n) is 4.95. The van der Waals surface area contributed by atoms with E-state index in [4.69, 9.17) is 9.47 Å². The van der Waals surface area contributed by atoms with Gasteiger partial charge in [0.2, 0.25) is 5.91 Å². The highest BCUT2D eigenvalue weighted by Gasteiger charge is 2.15. The minimum atomic E-state index is -0.737. The van der Waals surface area contributed by atoms with E-state index in [1.807, 2.05) is 54.6 Å². The largest absolute Gasteiger partial charge is 0.497 e. The van der Waals surface area contributed by atoms with Crippen molar-refractivity contribution in [2.75, 3.05) is 7.11 Å². The second-order valence-electron chi connectivity index (χ2n) is 7.65. The zero-order valence-electron chi connectivity index (χ0n) is 19.3.